The quantitative estimate of drug-likeness (QED) is 0.749. The Balaban J connectivity index is 1.47. The Kier molecular flexibility index (Phi) is 3.78. The summed E-state index contributed by atoms with van der Waals surface area (Å²) in [5, 5.41) is 1.13. The predicted molar refractivity (Wildman–Crippen MR) is 92.8 cm³/mol. The van der Waals surface area contributed by atoms with E-state index in [0.29, 0.717) is 24.5 Å². The Morgan fingerprint density at radius 2 is 2.04 bits per heavy atom. The maximum atomic E-state index is 12.5. The van der Waals surface area contributed by atoms with Crippen LogP contribution in [0.5, 0.6) is 5.75 Å². The zero-order chi connectivity index (χ0) is 16.6. The third kappa shape index (κ3) is 2.79. The molecule has 2 aromatic carbocycles. The van der Waals surface area contributed by atoms with Crippen molar-refractivity contribution in [1.82, 2.24) is 9.71 Å². The molecule has 2 N–H and O–H groups in total. The molecule has 2 heterocycles. The molecule has 1 aliphatic rings. The number of rotatable bonds is 5. The fourth-order valence-corrected chi connectivity index (χ4v) is 4.15. The van der Waals surface area contributed by atoms with Gasteiger partial charge < -0.3 is 9.72 Å². The smallest absolute Gasteiger partial charge is 0.240 e. The van der Waals surface area contributed by atoms with Crippen LogP contribution in [0.15, 0.2) is 53.6 Å². The zero-order valence-electron chi connectivity index (χ0n) is 13.1. The fourth-order valence-electron chi connectivity index (χ4n) is 3.07. The molecule has 0 amide bonds. The van der Waals surface area contributed by atoms with Gasteiger partial charge in [-0.2, -0.15) is 0 Å². The third-order valence-electron chi connectivity index (χ3n) is 4.33. The fraction of sp³-hybridized carbons (Fsp3) is 0.222. The standard InChI is InChI=1S/C18H18N2O3S/c21-24(22,15-5-6-18-13(11-15)8-10-23-18)20-9-7-14-12-19-17-4-2-1-3-16(14)17/h1-6,11-12,19-20H,7-10H2. The van der Waals surface area contributed by atoms with Gasteiger partial charge in [-0.15, -0.1) is 0 Å². The van der Waals surface area contributed by atoms with Crippen molar-refractivity contribution in [3.05, 3.63) is 59.8 Å². The molecule has 1 aromatic heterocycles. The molecule has 0 atom stereocenters. The molecule has 0 radical (unpaired) electrons. The topological polar surface area (TPSA) is 71.2 Å². The minimum Gasteiger partial charge on any atom is -0.493 e. The van der Waals surface area contributed by atoms with Crippen molar-refractivity contribution in [2.75, 3.05) is 13.2 Å². The highest BCUT2D eigenvalue weighted by Gasteiger charge is 2.19. The summed E-state index contributed by atoms with van der Waals surface area (Å²) in [5.74, 6) is 0.785. The van der Waals surface area contributed by atoms with Gasteiger partial charge >= 0.3 is 0 Å². The highest BCUT2D eigenvalue weighted by molar-refractivity contribution is 7.89. The monoisotopic (exact) mass is 342 g/mol. The Hall–Kier alpha value is -2.31. The molecule has 0 unspecified atom stereocenters. The Morgan fingerprint density at radius 3 is 2.96 bits per heavy atom. The van der Waals surface area contributed by atoms with Crippen LogP contribution in [0.25, 0.3) is 10.9 Å². The summed E-state index contributed by atoms with van der Waals surface area (Å²) in [4.78, 5) is 3.50. The summed E-state index contributed by atoms with van der Waals surface area (Å²) in [5.41, 5.74) is 3.12. The molecule has 5 nitrogen and oxygen atoms in total. The molecule has 124 valence electrons. The van der Waals surface area contributed by atoms with Crippen LogP contribution < -0.4 is 9.46 Å². The number of hydrogen-bond donors (Lipinski definition) is 2. The predicted octanol–water partition coefficient (Wildman–Crippen LogP) is 2.62. The lowest BCUT2D eigenvalue weighted by Crippen LogP contribution is -2.26. The van der Waals surface area contributed by atoms with E-state index < -0.39 is 10.0 Å². The summed E-state index contributed by atoms with van der Waals surface area (Å²) in [6.45, 7) is 0.977. The highest BCUT2D eigenvalue weighted by Crippen LogP contribution is 2.27. The number of H-pyrrole nitrogens is 1. The molecular formula is C18H18N2O3S. The van der Waals surface area contributed by atoms with Gasteiger partial charge in [-0.05, 0) is 41.8 Å². The lowest BCUT2D eigenvalue weighted by molar-refractivity contribution is 0.356. The highest BCUT2D eigenvalue weighted by atomic mass is 32.2. The Morgan fingerprint density at radius 1 is 1.17 bits per heavy atom. The number of ether oxygens (including phenoxy) is 1. The van der Waals surface area contributed by atoms with Crippen LogP contribution >= 0.6 is 0 Å². The molecule has 0 saturated heterocycles. The Labute approximate surface area is 140 Å². The van der Waals surface area contributed by atoms with Crippen molar-refractivity contribution in [2.45, 2.75) is 17.7 Å². The molecule has 4 rings (SSSR count). The first-order valence-corrected chi connectivity index (χ1v) is 9.42. The van der Waals surface area contributed by atoms with E-state index in [1.807, 2.05) is 30.5 Å². The van der Waals surface area contributed by atoms with Crippen LogP contribution in [0.1, 0.15) is 11.1 Å². The second-order valence-corrected chi connectivity index (χ2v) is 7.64. The molecule has 0 aliphatic carbocycles. The average Bonchev–Trinajstić information content (AvgIpc) is 3.21. The van der Waals surface area contributed by atoms with E-state index in [0.717, 1.165) is 34.2 Å². The second kappa shape index (κ2) is 5.96. The van der Waals surface area contributed by atoms with Crippen LogP contribution in [0, 0.1) is 0 Å². The lowest BCUT2D eigenvalue weighted by atomic mass is 10.1. The van der Waals surface area contributed by atoms with E-state index in [1.54, 1.807) is 18.2 Å². The number of fused-ring (bicyclic) bond motifs is 2. The van der Waals surface area contributed by atoms with E-state index in [9.17, 15) is 8.42 Å². The van der Waals surface area contributed by atoms with Crippen LogP contribution in [0.3, 0.4) is 0 Å². The van der Waals surface area contributed by atoms with E-state index >= 15 is 0 Å². The minimum absolute atomic E-state index is 0.297. The number of hydrogen-bond acceptors (Lipinski definition) is 3. The van der Waals surface area contributed by atoms with Gasteiger partial charge in [-0.1, -0.05) is 18.2 Å². The van der Waals surface area contributed by atoms with Crippen molar-refractivity contribution in [3.8, 4) is 5.75 Å². The van der Waals surface area contributed by atoms with Gasteiger partial charge in [0, 0.05) is 30.1 Å². The first kappa shape index (κ1) is 15.2. The summed E-state index contributed by atoms with van der Waals surface area (Å²) in [6, 6.07) is 13.0. The van der Waals surface area contributed by atoms with Crippen molar-refractivity contribution in [3.63, 3.8) is 0 Å². The zero-order valence-corrected chi connectivity index (χ0v) is 13.9. The summed E-state index contributed by atoms with van der Waals surface area (Å²) < 4.78 is 33.0. The van der Waals surface area contributed by atoms with Crippen molar-refractivity contribution in [1.29, 1.82) is 0 Å². The summed E-state index contributed by atoms with van der Waals surface area (Å²) in [6.07, 6.45) is 3.33. The molecule has 0 spiro atoms. The number of nitrogens with one attached hydrogen (secondary N) is 2. The average molecular weight is 342 g/mol. The van der Waals surface area contributed by atoms with Gasteiger partial charge in [-0.3, -0.25) is 0 Å². The van der Waals surface area contributed by atoms with Crippen LogP contribution in [0.2, 0.25) is 0 Å². The molecule has 3 aromatic rings. The SMILES string of the molecule is O=S(=O)(NCCc1c[nH]c2ccccc12)c1ccc2c(c1)CCO2. The van der Waals surface area contributed by atoms with Crippen LogP contribution in [0.4, 0.5) is 0 Å². The van der Waals surface area contributed by atoms with Gasteiger partial charge in [-0.25, -0.2) is 13.1 Å². The van der Waals surface area contributed by atoms with Crippen molar-refractivity contribution >= 4 is 20.9 Å². The molecule has 6 heteroatoms. The maximum Gasteiger partial charge on any atom is 0.240 e. The number of benzene rings is 2. The Bertz CT molecular complexity index is 992. The van der Waals surface area contributed by atoms with Gasteiger partial charge in [0.15, 0.2) is 0 Å². The lowest BCUT2D eigenvalue weighted by Gasteiger charge is -2.08. The van der Waals surface area contributed by atoms with Gasteiger partial charge in [0.05, 0.1) is 11.5 Å². The maximum absolute atomic E-state index is 12.5. The number of sulfonamides is 1. The molecule has 0 fully saturated rings. The minimum atomic E-state index is -3.50. The van der Waals surface area contributed by atoms with Gasteiger partial charge in [0.25, 0.3) is 0 Å². The summed E-state index contributed by atoms with van der Waals surface area (Å²) in [7, 11) is -3.50. The van der Waals surface area contributed by atoms with E-state index in [1.165, 1.54) is 0 Å². The second-order valence-electron chi connectivity index (χ2n) is 5.88. The number of aromatic amines is 1. The first-order chi connectivity index (χ1) is 11.6. The first-order valence-electron chi connectivity index (χ1n) is 7.94. The van der Waals surface area contributed by atoms with E-state index in [2.05, 4.69) is 9.71 Å². The molecule has 0 bridgehead atoms. The largest absolute Gasteiger partial charge is 0.493 e. The molecule has 0 saturated carbocycles. The van der Waals surface area contributed by atoms with Crippen LogP contribution in [-0.2, 0) is 22.9 Å². The number of para-hydroxylation sites is 1. The normalized spacial score (nSPS) is 13.8. The van der Waals surface area contributed by atoms with E-state index in [-0.39, 0.29) is 0 Å². The van der Waals surface area contributed by atoms with Gasteiger partial charge in [0.1, 0.15) is 5.75 Å². The van der Waals surface area contributed by atoms with E-state index in [4.69, 9.17) is 4.74 Å². The van der Waals surface area contributed by atoms with Crippen LogP contribution in [-0.4, -0.2) is 26.6 Å². The van der Waals surface area contributed by atoms with Crippen molar-refractivity contribution in [2.24, 2.45) is 0 Å². The third-order valence-corrected chi connectivity index (χ3v) is 5.79. The molecule has 1 aliphatic heterocycles. The van der Waals surface area contributed by atoms with Crippen molar-refractivity contribution < 1.29 is 13.2 Å². The van der Waals surface area contributed by atoms with Gasteiger partial charge in [0.2, 0.25) is 10.0 Å². The molecule has 24 heavy (non-hydrogen) atoms. The summed E-state index contributed by atoms with van der Waals surface area (Å²) >= 11 is 0. The molecular weight excluding hydrogens is 324 g/mol. The number of aromatic nitrogens is 1.